The number of nitrogens with one attached hydrogen (secondary N) is 1. The zero-order chi connectivity index (χ0) is 17.6. The van der Waals surface area contributed by atoms with Gasteiger partial charge in [-0.15, -0.1) is 0 Å². The average Bonchev–Trinajstić information content (AvgIpc) is 2.63. The molecule has 3 rings (SSSR count). The van der Waals surface area contributed by atoms with Crippen molar-refractivity contribution in [1.82, 2.24) is 10.2 Å². The Morgan fingerprint density at radius 2 is 1.56 bits per heavy atom. The molecule has 0 aliphatic carbocycles. The third kappa shape index (κ3) is 4.59. The largest absolute Gasteiger partial charge is 0.366 e. The molecule has 0 radical (unpaired) electrons. The van der Waals surface area contributed by atoms with Gasteiger partial charge in [0.2, 0.25) is 0 Å². The van der Waals surface area contributed by atoms with Crippen LogP contribution in [0.4, 0.5) is 10.5 Å². The first-order valence-electron chi connectivity index (χ1n) is 8.41. The third-order valence-corrected chi connectivity index (χ3v) is 4.96. The molecule has 6 heteroatoms. The number of para-hydroxylation sites is 1. The summed E-state index contributed by atoms with van der Waals surface area (Å²) in [7, 11) is 0. The van der Waals surface area contributed by atoms with E-state index in [2.05, 4.69) is 22.3 Å². The van der Waals surface area contributed by atoms with E-state index in [1.165, 1.54) is 5.56 Å². The summed E-state index contributed by atoms with van der Waals surface area (Å²) >= 11 is 12.5. The minimum atomic E-state index is -0.0131. The summed E-state index contributed by atoms with van der Waals surface area (Å²) in [6, 6.07) is 15.7. The van der Waals surface area contributed by atoms with Crippen LogP contribution < -0.4 is 10.2 Å². The summed E-state index contributed by atoms with van der Waals surface area (Å²) in [5.41, 5.74) is 2.08. The van der Waals surface area contributed by atoms with Gasteiger partial charge < -0.3 is 15.1 Å². The maximum atomic E-state index is 12.3. The van der Waals surface area contributed by atoms with Crippen molar-refractivity contribution in [2.75, 3.05) is 37.6 Å². The molecule has 0 saturated carbocycles. The summed E-state index contributed by atoms with van der Waals surface area (Å²) in [6.45, 7) is 3.38. The molecule has 2 aromatic carbocycles. The maximum Gasteiger partial charge on any atom is 0.317 e. The number of carbonyl (C=O) groups is 1. The molecular weight excluding hydrogens is 357 g/mol. The minimum absolute atomic E-state index is 0.0131. The van der Waals surface area contributed by atoms with Crippen molar-refractivity contribution in [3.8, 4) is 0 Å². The standard InChI is InChI=1S/C19H21Cl2N3O/c20-16-7-4-8-17(21)18(16)23-11-13-24(14-12-23)19(25)22-10-9-15-5-2-1-3-6-15/h1-8H,9-14H2,(H,22,25). The molecule has 1 aliphatic rings. The van der Waals surface area contributed by atoms with E-state index < -0.39 is 0 Å². The molecule has 4 nitrogen and oxygen atoms in total. The van der Waals surface area contributed by atoms with Gasteiger partial charge in [0.15, 0.2) is 0 Å². The number of amides is 2. The number of piperazine rings is 1. The van der Waals surface area contributed by atoms with E-state index in [1.54, 1.807) is 0 Å². The van der Waals surface area contributed by atoms with Crippen LogP contribution in [0.2, 0.25) is 10.0 Å². The molecule has 0 bridgehead atoms. The highest BCUT2D eigenvalue weighted by Gasteiger charge is 2.23. The van der Waals surface area contributed by atoms with Crippen molar-refractivity contribution < 1.29 is 4.79 Å². The lowest BCUT2D eigenvalue weighted by molar-refractivity contribution is 0.194. The Bertz CT molecular complexity index is 696. The molecule has 1 N–H and O–H groups in total. The Kier molecular flexibility index (Phi) is 6.05. The lowest BCUT2D eigenvalue weighted by atomic mass is 10.1. The van der Waals surface area contributed by atoms with Gasteiger partial charge in [-0.2, -0.15) is 0 Å². The minimum Gasteiger partial charge on any atom is -0.366 e. The third-order valence-electron chi connectivity index (χ3n) is 4.35. The maximum absolute atomic E-state index is 12.3. The van der Waals surface area contributed by atoms with Gasteiger partial charge in [-0.25, -0.2) is 4.79 Å². The summed E-state index contributed by atoms with van der Waals surface area (Å²) in [5.74, 6) is 0. The van der Waals surface area contributed by atoms with Crippen LogP contribution in [0.15, 0.2) is 48.5 Å². The molecule has 2 aromatic rings. The van der Waals surface area contributed by atoms with Gasteiger partial charge in [-0.3, -0.25) is 0 Å². The lowest BCUT2D eigenvalue weighted by Gasteiger charge is -2.36. The van der Waals surface area contributed by atoms with Crippen LogP contribution >= 0.6 is 23.2 Å². The predicted octanol–water partition coefficient (Wildman–Crippen LogP) is 4.07. The van der Waals surface area contributed by atoms with E-state index >= 15 is 0 Å². The van der Waals surface area contributed by atoms with E-state index in [4.69, 9.17) is 23.2 Å². The molecule has 0 spiro atoms. The highest BCUT2D eigenvalue weighted by atomic mass is 35.5. The first-order valence-corrected chi connectivity index (χ1v) is 9.16. The number of benzene rings is 2. The summed E-state index contributed by atoms with van der Waals surface area (Å²) < 4.78 is 0. The highest BCUT2D eigenvalue weighted by Crippen LogP contribution is 2.33. The van der Waals surface area contributed by atoms with Crippen LogP contribution in [0.5, 0.6) is 0 Å². The molecule has 132 valence electrons. The van der Waals surface area contributed by atoms with Gasteiger partial charge in [0, 0.05) is 32.7 Å². The number of rotatable bonds is 4. The second-order valence-corrected chi connectivity index (χ2v) is 6.83. The van der Waals surface area contributed by atoms with Crippen LogP contribution in [0.1, 0.15) is 5.56 Å². The van der Waals surface area contributed by atoms with Gasteiger partial charge in [0.1, 0.15) is 0 Å². The van der Waals surface area contributed by atoms with Gasteiger partial charge in [-0.05, 0) is 24.1 Å². The number of carbonyl (C=O) groups excluding carboxylic acids is 1. The molecule has 1 fully saturated rings. The van der Waals surface area contributed by atoms with Crippen molar-refractivity contribution >= 4 is 34.9 Å². The second-order valence-electron chi connectivity index (χ2n) is 6.01. The molecule has 2 amide bonds. The Hall–Kier alpha value is -1.91. The first-order chi connectivity index (χ1) is 12.1. The van der Waals surface area contributed by atoms with E-state index in [0.29, 0.717) is 29.7 Å². The molecule has 1 aliphatic heterocycles. The van der Waals surface area contributed by atoms with Gasteiger partial charge in [0.05, 0.1) is 15.7 Å². The Morgan fingerprint density at radius 1 is 0.920 bits per heavy atom. The van der Waals surface area contributed by atoms with E-state index in [0.717, 1.165) is 25.2 Å². The highest BCUT2D eigenvalue weighted by molar-refractivity contribution is 6.39. The topological polar surface area (TPSA) is 35.6 Å². The number of nitrogens with zero attached hydrogens (tertiary/aromatic N) is 2. The zero-order valence-electron chi connectivity index (χ0n) is 13.9. The molecular formula is C19H21Cl2N3O. The Morgan fingerprint density at radius 3 is 2.20 bits per heavy atom. The molecule has 0 unspecified atom stereocenters. The van der Waals surface area contributed by atoms with Crippen LogP contribution in [0.25, 0.3) is 0 Å². The Balaban J connectivity index is 1.48. The van der Waals surface area contributed by atoms with E-state index in [9.17, 15) is 4.79 Å². The van der Waals surface area contributed by atoms with Gasteiger partial charge >= 0.3 is 6.03 Å². The zero-order valence-corrected chi connectivity index (χ0v) is 15.4. The van der Waals surface area contributed by atoms with Crippen LogP contribution in [-0.2, 0) is 6.42 Å². The number of urea groups is 1. The SMILES string of the molecule is O=C(NCCc1ccccc1)N1CCN(c2c(Cl)cccc2Cl)CC1. The van der Waals surface area contributed by atoms with Gasteiger partial charge in [-0.1, -0.05) is 59.6 Å². The number of anilines is 1. The number of hydrogen-bond acceptors (Lipinski definition) is 2. The van der Waals surface area contributed by atoms with Crippen molar-refractivity contribution in [1.29, 1.82) is 0 Å². The monoisotopic (exact) mass is 377 g/mol. The predicted molar refractivity (Wildman–Crippen MR) is 104 cm³/mol. The van der Waals surface area contributed by atoms with Crippen molar-refractivity contribution in [2.24, 2.45) is 0 Å². The van der Waals surface area contributed by atoms with Crippen molar-refractivity contribution in [3.63, 3.8) is 0 Å². The quantitative estimate of drug-likeness (QED) is 0.871. The molecule has 0 aromatic heterocycles. The number of halogens is 2. The van der Waals surface area contributed by atoms with E-state index in [1.807, 2.05) is 41.3 Å². The normalized spacial score (nSPS) is 14.5. The van der Waals surface area contributed by atoms with Crippen LogP contribution in [0, 0.1) is 0 Å². The molecule has 1 heterocycles. The fourth-order valence-corrected chi connectivity index (χ4v) is 3.63. The number of hydrogen-bond donors (Lipinski definition) is 1. The fourth-order valence-electron chi connectivity index (χ4n) is 2.99. The van der Waals surface area contributed by atoms with Crippen LogP contribution in [0.3, 0.4) is 0 Å². The molecule has 0 atom stereocenters. The smallest absolute Gasteiger partial charge is 0.317 e. The average molecular weight is 378 g/mol. The first kappa shape index (κ1) is 17.9. The lowest BCUT2D eigenvalue weighted by Crippen LogP contribution is -2.52. The molecule has 1 saturated heterocycles. The Labute approximate surface area is 158 Å². The second kappa shape index (κ2) is 8.45. The summed E-state index contributed by atoms with van der Waals surface area (Å²) in [5, 5.41) is 4.29. The van der Waals surface area contributed by atoms with Crippen LogP contribution in [-0.4, -0.2) is 43.7 Å². The summed E-state index contributed by atoms with van der Waals surface area (Å²) in [4.78, 5) is 16.3. The van der Waals surface area contributed by atoms with Crippen molar-refractivity contribution in [3.05, 3.63) is 64.1 Å². The fraction of sp³-hybridized carbons (Fsp3) is 0.316. The van der Waals surface area contributed by atoms with Crippen molar-refractivity contribution in [2.45, 2.75) is 6.42 Å². The molecule has 25 heavy (non-hydrogen) atoms. The van der Waals surface area contributed by atoms with Gasteiger partial charge in [0.25, 0.3) is 0 Å². The van der Waals surface area contributed by atoms with E-state index in [-0.39, 0.29) is 6.03 Å². The summed E-state index contributed by atoms with van der Waals surface area (Å²) in [6.07, 6.45) is 0.835.